The van der Waals surface area contributed by atoms with Crippen molar-refractivity contribution in [2.45, 2.75) is 0 Å². The number of hydrogen-bond donors (Lipinski definition) is 2. The average Bonchev–Trinajstić information content (AvgIpc) is 2.03. The van der Waals surface area contributed by atoms with E-state index in [-0.39, 0.29) is 0 Å². The van der Waals surface area contributed by atoms with Crippen molar-refractivity contribution in [1.29, 1.82) is 0 Å². The molecule has 1 aromatic carbocycles. The van der Waals surface area contributed by atoms with Crippen LogP contribution in [0.15, 0.2) is 30.3 Å². The quantitative estimate of drug-likeness (QED) is 0.557. The van der Waals surface area contributed by atoms with Crippen LogP contribution in [-0.4, -0.2) is 15.2 Å². The second kappa shape index (κ2) is 4.77. The molecule has 2 nitrogen and oxygen atoms in total. The summed E-state index contributed by atoms with van der Waals surface area (Å²) >= 11 is 1.48. The molecule has 0 saturated heterocycles. The predicted molar refractivity (Wildman–Crippen MR) is 46.7 cm³/mol. The van der Waals surface area contributed by atoms with Crippen LogP contribution < -0.4 is 13.3 Å². The van der Waals surface area contributed by atoms with Crippen LogP contribution in [0.2, 0.25) is 0 Å². The summed E-state index contributed by atoms with van der Waals surface area (Å²) in [5.41, 5.74) is 0. The molecule has 0 amide bonds. The SMILES string of the molecule is NSN[Se]c1ccccc1. The Morgan fingerprint density at radius 2 is 2.00 bits per heavy atom. The molecule has 1 rings (SSSR count). The number of benzene rings is 1. The van der Waals surface area contributed by atoms with Crippen LogP contribution in [0.5, 0.6) is 0 Å². The Kier molecular flexibility index (Phi) is 3.87. The molecule has 54 valence electrons. The summed E-state index contributed by atoms with van der Waals surface area (Å²) < 4.78 is 4.33. The van der Waals surface area contributed by atoms with Gasteiger partial charge in [0.15, 0.2) is 0 Å². The molecule has 4 heteroatoms. The predicted octanol–water partition coefficient (Wildman–Crippen LogP) is 0.0426. The van der Waals surface area contributed by atoms with E-state index in [1.807, 2.05) is 18.2 Å². The Hall–Kier alpha value is 0.00948. The molecule has 1 aromatic rings. The number of nitrogens with one attached hydrogen (secondary N) is 1. The fourth-order valence-electron chi connectivity index (χ4n) is 0.561. The van der Waals surface area contributed by atoms with Crippen LogP contribution in [0.3, 0.4) is 0 Å². The molecule has 0 saturated carbocycles. The van der Waals surface area contributed by atoms with Crippen molar-refractivity contribution in [3.05, 3.63) is 30.3 Å². The second-order valence-electron chi connectivity index (χ2n) is 1.62. The fourth-order valence-corrected chi connectivity index (χ4v) is 2.23. The van der Waals surface area contributed by atoms with Crippen molar-refractivity contribution in [2.75, 3.05) is 0 Å². The van der Waals surface area contributed by atoms with Crippen LogP contribution in [0.25, 0.3) is 0 Å². The van der Waals surface area contributed by atoms with Crippen molar-refractivity contribution in [3.8, 4) is 0 Å². The molecule has 0 aliphatic carbocycles. The molecule has 0 aromatic heterocycles. The molecule has 0 spiro atoms. The molecule has 0 unspecified atom stereocenters. The summed E-state index contributed by atoms with van der Waals surface area (Å²) in [4.78, 5) is 0. The van der Waals surface area contributed by atoms with E-state index in [0.717, 1.165) is 0 Å². The third-order valence-corrected chi connectivity index (χ3v) is 3.33. The van der Waals surface area contributed by atoms with Gasteiger partial charge in [-0.25, -0.2) is 0 Å². The van der Waals surface area contributed by atoms with E-state index in [1.165, 1.54) is 16.6 Å². The second-order valence-corrected chi connectivity index (χ2v) is 4.49. The van der Waals surface area contributed by atoms with Gasteiger partial charge < -0.3 is 0 Å². The minimum atomic E-state index is 0.306. The molecule has 0 atom stereocenters. The third kappa shape index (κ3) is 2.73. The van der Waals surface area contributed by atoms with Crippen molar-refractivity contribution < 1.29 is 0 Å². The Labute approximate surface area is 71.2 Å². The molecule has 0 heterocycles. The summed E-state index contributed by atoms with van der Waals surface area (Å²) in [6, 6.07) is 10.2. The molecular formula is C6H8N2SSe. The molecule has 0 aliphatic heterocycles. The van der Waals surface area contributed by atoms with E-state index in [9.17, 15) is 0 Å². The summed E-state index contributed by atoms with van der Waals surface area (Å²) in [6.07, 6.45) is 0. The summed E-state index contributed by atoms with van der Waals surface area (Å²) in [7, 11) is 0. The maximum absolute atomic E-state index is 5.20. The Morgan fingerprint density at radius 1 is 1.30 bits per heavy atom. The first-order valence-electron chi connectivity index (χ1n) is 2.76. The van der Waals surface area contributed by atoms with E-state index in [0.29, 0.717) is 15.2 Å². The molecule has 10 heavy (non-hydrogen) atoms. The summed E-state index contributed by atoms with van der Waals surface area (Å²) in [5.74, 6) is 0. The van der Waals surface area contributed by atoms with Gasteiger partial charge in [-0.05, 0) is 0 Å². The first kappa shape index (κ1) is 8.11. The zero-order chi connectivity index (χ0) is 7.23. The Balaban J connectivity index is 2.43. The molecule has 0 bridgehead atoms. The van der Waals surface area contributed by atoms with E-state index in [1.54, 1.807) is 0 Å². The summed E-state index contributed by atoms with van der Waals surface area (Å²) in [6.45, 7) is 0. The zero-order valence-corrected chi connectivity index (χ0v) is 7.81. The Bertz CT molecular complexity index is 180. The monoisotopic (exact) mass is 220 g/mol. The third-order valence-electron chi connectivity index (χ3n) is 0.951. The van der Waals surface area contributed by atoms with E-state index in [2.05, 4.69) is 15.9 Å². The average molecular weight is 219 g/mol. The molecule has 3 N–H and O–H groups in total. The molecule has 0 fully saturated rings. The van der Waals surface area contributed by atoms with Gasteiger partial charge in [-0.1, -0.05) is 0 Å². The Morgan fingerprint density at radius 3 is 2.60 bits per heavy atom. The van der Waals surface area contributed by atoms with Crippen molar-refractivity contribution in [1.82, 2.24) is 3.74 Å². The maximum atomic E-state index is 5.20. The van der Waals surface area contributed by atoms with Crippen molar-refractivity contribution in [2.24, 2.45) is 5.14 Å². The van der Waals surface area contributed by atoms with Gasteiger partial charge in [-0.15, -0.1) is 0 Å². The van der Waals surface area contributed by atoms with E-state index in [4.69, 9.17) is 5.14 Å². The van der Waals surface area contributed by atoms with Crippen LogP contribution >= 0.6 is 12.1 Å². The van der Waals surface area contributed by atoms with E-state index >= 15 is 0 Å². The van der Waals surface area contributed by atoms with Crippen LogP contribution in [0, 0.1) is 0 Å². The van der Waals surface area contributed by atoms with Gasteiger partial charge in [0.05, 0.1) is 0 Å². The van der Waals surface area contributed by atoms with Gasteiger partial charge in [-0.2, -0.15) is 0 Å². The van der Waals surface area contributed by atoms with E-state index < -0.39 is 0 Å². The first-order chi connectivity index (χ1) is 4.93. The van der Waals surface area contributed by atoms with Crippen LogP contribution in [-0.2, 0) is 0 Å². The van der Waals surface area contributed by atoms with Gasteiger partial charge in [-0.3, -0.25) is 0 Å². The van der Waals surface area contributed by atoms with Crippen LogP contribution in [0.4, 0.5) is 0 Å². The first-order valence-corrected chi connectivity index (χ1v) is 5.35. The van der Waals surface area contributed by atoms with Gasteiger partial charge in [0, 0.05) is 0 Å². The number of nitrogens with two attached hydrogens (primary N) is 1. The topological polar surface area (TPSA) is 38.0 Å². The summed E-state index contributed by atoms with van der Waals surface area (Å²) in [5, 5.41) is 5.20. The standard InChI is InChI=1S/C6H8N2SSe/c7-9-8-10-6-4-2-1-3-5-6/h1-5,8H,7H2. The zero-order valence-electron chi connectivity index (χ0n) is 5.28. The number of hydrogen-bond acceptors (Lipinski definition) is 3. The molecule has 0 aliphatic rings. The van der Waals surface area contributed by atoms with Gasteiger partial charge in [0.1, 0.15) is 0 Å². The van der Waals surface area contributed by atoms with Crippen molar-refractivity contribution in [3.63, 3.8) is 0 Å². The minimum absolute atomic E-state index is 0.306. The van der Waals surface area contributed by atoms with Gasteiger partial charge in [0.25, 0.3) is 0 Å². The molecule has 0 radical (unpaired) electrons. The molecular weight excluding hydrogens is 211 g/mol. The normalized spacial score (nSPS) is 9.70. The fraction of sp³-hybridized carbons (Fsp3) is 0. The van der Waals surface area contributed by atoms with Gasteiger partial charge >= 0.3 is 71.0 Å². The van der Waals surface area contributed by atoms with Crippen LogP contribution in [0.1, 0.15) is 0 Å². The van der Waals surface area contributed by atoms with Gasteiger partial charge in [0.2, 0.25) is 0 Å². The number of rotatable bonds is 3. The van der Waals surface area contributed by atoms with Crippen molar-refractivity contribution >= 4 is 31.8 Å².